The predicted molar refractivity (Wildman–Crippen MR) is 86.5 cm³/mol. The smallest absolute Gasteiger partial charge is 0.198 e. The van der Waals surface area contributed by atoms with Crippen molar-refractivity contribution in [2.24, 2.45) is 0 Å². The molecule has 0 saturated carbocycles. The Morgan fingerprint density at radius 2 is 1.91 bits per heavy atom. The number of hydrogen-bond donors (Lipinski definition) is 3. The summed E-state index contributed by atoms with van der Waals surface area (Å²) in [6.45, 7) is 5.28. The molecule has 1 heterocycles. The summed E-state index contributed by atoms with van der Waals surface area (Å²) in [6, 6.07) is 0. The Labute approximate surface area is 139 Å². The topological polar surface area (TPSA) is 102 Å². The van der Waals surface area contributed by atoms with Gasteiger partial charge in [0.25, 0.3) is 0 Å². The first kappa shape index (κ1) is 20.8. The summed E-state index contributed by atoms with van der Waals surface area (Å²) in [4.78, 5) is 0. The minimum atomic E-state index is -3.78. The number of hydrazine groups is 1. The van der Waals surface area contributed by atoms with Crippen LogP contribution in [0.5, 0.6) is 0 Å². The summed E-state index contributed by atoms with van der Waals surface area (Å²) < 4.78 is 30.9. The molecule has 2 unspecified atom stereocenters. The van der Waals surface area contributed by atoms with Gasteiger partial charge >= 0.3 is 0 Å². The van der Waals surface area contributed by atoms with Gasteiger partial charge in [-0.05, 0) is 12.8 Å². The van der Waals surface area contributed by atoms with Crippen molar-refractivity contribution in [1.82, 2.24) is 15.7 Å². The first-order valence-corrected chi connectivity index (χ1v) is 10.1. The molecule has 3 N–H and O–H groups in total. The normalized spacial score (nSPS) is 21.0. The number of morpholine rings is 1. The fraction of sp³-hybridized carbons (Fsp3) is 1.00. The third kappa shape index (κ3) is 6.26. The number of hydroxylamine groups is 2. The zero-order valence-electron chi connectivity index (χ0n) is 14.1. The molecule has 0 spiro atoms. The number of nitrogens with one attached hydrogen (secondary N) is 1. The van der Waals surface area contributed by atoms with Crippen molar-refractivity contribution >= 4 is 9.84 Å². The van der Waals surface area contributed by atoms with E-state index in [-0.39, 0.29) is 19.5 Å². The standard InChI is InChI=1S/C14H31N3O5S/c1-3-5-7-10-16(18)17(19)13(8-6-4-2)23(20,21)14-12-15-9-11-22-14/h13-15,18-19H,3-12H2,1-2H3. The average Bonchev–Trinajstić information content (AvgIpc) is 2.55. The van der Waals surface area contributed by atoms with E-state index >= 15 is 0 Å². The van der Waals surface area contributed by atoms with Gasteiger partial charge in [-0.3, -0.25) is 10.4 Å². The lowest BCUT2D eigenvalue weighted by atomic mass is 10.2. The van der Waals surface area contributed by atoms with Gasteiger partial charge in [0.05, 0.1) is 6.61 Å². The minimum absolute atomic E-state index is 0.187. The molecule has 1 rings (SSSR count). The Morgan fingerprint density at radius 3 is 2.48 bits per heavy atom. The van der Waals surface area contributed by atoms with Crippen molar-refractivity contribution < 1.29 is 23.6 Å². The van der Waals surface area contributed by atoms with Crippen LogP contribution < -0.4 is 5.32 Å². The summed E-state index contributed by atoms with van der Waals surface area (Å²) >= 11 is 0. The highest BCUT2D eigenvalue weighted by Crippen LogP contribution is 2.21. The van der Waals surface area contributed by atoms with Crippen molar-refractivity contribution in [3.63, 3.8) is 0 Å². The molecule has 1 aliphatic heterocycles. The van der Waals surface area contributed by atoms with E-state index in [0.29, 0.717) is 36.3 Å². The van der Waals surface area contributed by atoms with Crippen LogP contribution in [0.4, 0.5) is 0 Å². The van der Waals surface area contributed by atoms with Gasteiger partial charge in [-0.15, -0.1) is 0 Å². The molecule has 23 heavy (non-hydrogen) atoms. The van der Waals surface area contributed by atoms with E-state index in [0.717, 1.165) is 19.3 Å². The van der Waals surface area contributed by atoms with E-state index < -0.39 is 20.6 Å². The van der Waals surface area contributed by atoms with Crippen LogP contribution in [0.1, 0.15) is 52.4 Å². The zero-order valence-corrected chi connectivity index (χ0v) is 15.0. The highest BCUT2D eigenvalue weighted by molar-refractivity contribution is 7.92. The highest BCUT2D eigenvalue weighted by Gasteiger charge is 2.40. The highest BCUT2D eigenvalue weighted by atomic mass is 32.2. The average molecular weight is 353 g/mol. The zero-order chi connectivity index (χ0) is 17.3. The van der Waals surface area contributed by atoms with E-state index in [9.17, 15) is 18.8 Å². The second kappa shape index (κ2) is 10.5. The van der Waals surface area contributed by atoms with E-state index in [1.54, 1.807) is 0 Å². The van der Waals surface area contributed by atoms with Crippen LogP contribution in [0.25, 0.3) is 0 Å². The summed E-state index contributed by atoms with van der Waals surface area (Å²) in [7, 11) is -3.78. The van der Waals surface area contributed by atoms with E-state index in [4.69, 9.17) is 4.74 Å². The first-order chi connectivity index (χ1) is 10.9. The Hall–Kier alpha value is -0.290. The molecule has 0 bridgehead atoms. The summed E-state index contributed by atoms with van der Waals surface area (Å²) in [5, 5.41) is 23.0. The van der Waals surface area contributed by atoms with E-state index in [2.05, 4.69) is 5.32 Å². The second-order valence-electron chi connectivity index (χ2n) is 5.81. The number of nitrogens with zero attached hydrogens (tertiary/aromatic N) is 2. The number of ether oxygens (including phenoxy) is 1. The van der Waals surface area contributed by atoms with Gasteiger partial charge in [-0.1, -0.05) is 49.9 Å². The SMILES string of the molecule is CCCCCN(O)N(O)C(CCCC)S(=O)(=O)C1CNCCO1. The number of unbranched alkanes of at least 4 members (excludes halogenated alkanes) is 3. The third-order valence-corrected chi connectivity index (χ3v) is 6.12. The molecule has 2 atom stereocenters. The molecule has 0 aromatic heterocycles. The van der Waals surface area contributed by atoms with Gasteiger partial charge < -0.3 is 10.1 Å². The van der Waals surface area contributed by atoms with Crippen LogP contribution in [-0.4, -0.2) is 66.2 Å². The summed E-state index contributed by atoms with van der Waals surface area (Å²) in [6.07, 6.45) is 4.20. The minimum Gasteiger partial charge on any atom is -0.360 e. The molecule has 1 fully saturated rings. The molecule has 0 aliphatic carbocycles. The van der Waals surface area contributed by atoms with Crippen molar-refractivity contribution in [3.8, 4) is 0 Å². The van der Waals surface area contributed by atoms with E-state index in [1.165, 1.54) is 0 Å². The maximum absolute atomic E-state index is 12.8. The fourth-order valence-electron chi connectivity index (χ4n) is 2.47. The van der Waals surface area contributed by atoms with Crippen LogP contribution in [0.3, 0.4) is 0 Å². The lowest BCUT2D eigenvalue weighted by Gasteiger charge is -2.34. The molecule has 138 valence electrons. The van der Waals surface area contributed by atoms with Gasteiger partial charge in [0.15, 0.2) is 20.6 Å². The first-order valence-electron chi connectivity index (χ1n) is 8.44. The van der Waals surface area contributed by atoms with Crippen LogP contribution in [-0.2, 0) is 14.6 Å². The molecule has 1 saturated heterocycles. The third-order valence-electron chi connectivity index (χ3n) is 3.90. The Morgan fingerprint density at radius 1 is 1.22 bits per heavy atom. The van der Waals surface area contributed by atoms with E-state index in [1.807, 2.05) is 13.8 Å². The lowest BCUT2D eigenvalue weighted by Crippen LogP contribution is -2.54. The lowest BCUT2D eigenvalue weighted by molar-refractivity contribution is -0.374. The second-order valence-corrected chi connectivity index (χ2v) is 8.06. The van der Waals surface area contributed by atoms with Crippen LogP contribution >= 0.6 is 0 Å². The fourth-order valence-corrected chi connectivity index (χ4v) is 4.33. The summed E-state index contributed by atoms with van der Waals surface area (Å²) in [5.74, 6) is 0. The molecule has 0 radical (unpaired) electrons. The Balaban J connectivity index is 2.80. The van der Waals surface area contributed by atoms with Crippen LogP contribution in [0.2, 0.25) is 0 Å². The van der Waals surface area contributed by atoms with Gasteiger partial charge in [-0.2, -0.15) is 0 Å². The molecule has 0 amide bonds. The number of sulfone groups is 1. The van der Waals surface area contributed by atoms with Crippen molar-refractivity contribution in [2.45, 2.75) is 63.2 Å². The molecule has 0 aromatic carbocycles. The molecular weight excluding hydrogens is 322 g/mol. The largest absolute Gasteiger partial charge is 0.360 e. The molecular formula is C14H31N3O5S. The predicted octanol–water partition coefficient (Wildman–Crippen LogP) is 1.35. The van der Waals surface area contributed by atoms with Crippen molar-refractivity contribution in [2.75, 3.05) is 26.2 Å². The van der Waals surface area contributed by atoms with Gasteiger partial charge in [0.2, 0.25) is 0 Å². The van der Waals surface area contributed by atoms with Gasteiger partial charge in [0, 0.05) is 19.6 Å². The molecule has 9 heteroatoms. The number of rotatable bonds is 11. The molecule has 1 aliphatic rings. The Bertz CT molecular complexity index is 415. The molecule has 0 aromatic rings. The maximum atomic E-state index is 12.8. The van der Waals surface area contributed by atoms with Crippen LogP contribution in [0, 0.1) is 0 Å². The van der Waals surface area contributed by atoms with Crippen molar-refractivity contribution in [1.29, 1.82) is 0 Å². The Kier molecular flexibility index (Phi) is 9.52. The van der Waals surface area contributed by atoms with Crippen molar-refractivity contribution in [3.05, 3.63) is 0 Å². The monoisotopic (exact) mass is 353 g/mol. The molecule has 8 nitrogen and oxygen atoms in total. The number of hydrogen-bond acceptors (Lipinski definition) is 8. The van der Waals surface area contributed by atoms with Gasteiger partial charge in [0.1, 0.15) is 0 Å². The quantitative estimate of drug-likeness (QED) is 0.378. The van der Waals surface area contributed by atoms with Gasteiger partial charge in [-0.25, -0.2) is 8.42 Å². The maximum Gasteiger partial charge on any atom is 0.198 e. The summed E-state index contributed by atoms with van der Waals surface area (Å²) in [5.41, 5.74) is -1.00. The van der Waals surface area contributed by atoms with Crippen LogP contribution in [0.15, 0.2) is 0 Å².